The third-order valence-corrected chi connectivity index (χ3v) is 1.71. The zero-order valence-electron chi connectivity index (χ0n) is 5.83. The van der Waals surface area contributed by atoms with E-state index in [0.29, 0.717) is 5.92 Å². The number of rotatable bonds is 0. The highest BCUT2D eigenvalue weighted by Gasteiger charge is 2.22. The molecule has 0 aromatic carbocycles. The molecule has 1 N–H and O–H groups in total. The molecule has 0 spiro atoms. The molecule has 1 fully saturated rings. The first-order valence-corrected chi connectivity index (χ1v) is 3.13. The molecule has 0 saturated carbocycles. The van der Waals surface area contributed by atoms with Gasteiger partial charge in [-0.15, -0.1) is 0 Å². The molecule has 0 aliphatic carbocycles. The first kappa shape index (κ1) is 6.55. The minimum atomic E-state index is 0.431. The lowest BCUT2D eigenvalue weighted by molar-refractivity contribution is 0.316. The van der Waals surface area contributed by atoms with E-state index in [4.69, 9.17) is 5.21 Å². The Hall–Kier alpha value is -0.570. The van der Waals surface area contributed by atoms with E-state index in [2.05, 4.69) is 17.0 Å². The maximum absolute atomic E-state index is 8.42. The molecular formula is C6H12N2O. The average molecular weight is 128 g/mol. The maximum Gasteiger partial charge on any atom is 0.0751 e. The van der Waals surface area contributed by atoms with Crippen molar-refractivity contribution in [2.24, 2.45) is 11.1 Å². The van der Waals surface area contributed by atoms with Crippen LogP contribution in [-0.2, 0) is 0 Å². The van der Waals surface area contributed by atoms with Crippen LogP contribution in [0.1, 0.15) is 6.92 Å². The molecule has 0 radical (unpaired) electrons. The fourth-order valence-corrected chi connectivity index (χ4v) is 1.20. The SMILES string of the molecule is CC1CN(C)C/C1=N/O. The highest BCUT2D eigenvalue weighted by Crippen LogP contribution is 2.09. The number of nitrogens with zero attached hydrogens (tertiary/aromatic N) is 2. The summed E-state index contributed by atoms with van der Waals surface area (Å²) in [5.41, 5.74) is 0.900. The van der Waals surface area contributed by atoms with Gasteiger partial charge in [0.1, 0.15) is 0 Å². The van der Waals surface area contributed by atoms with Gasteiger partial charge in [-0.3, -0.25) is 0 Å². The van der Waals surface area contributed by atoms with E-state index in [1.54, 1.807) is 0 Å². The van der Waals surface area contributed by atoms with Crippen LogP contribution in [0.2, 0.25) is 0 Å². The fraction of sp³-hybridized carbons (Fsp3) is 0.833. The zero-order valence-corrected chi connectivity index (χ0v) is 5.83. The van der Waals surface area contributed by atoms with Crippen LogP contribution in [0.5, 0.6) is 0 Å². The molecule has 1 unspecified atom stereocenters. The first-order chi connectivity index (χ1) is 4.24. The second-order valence-electron chi connectivity index (χ2n) is 2.69. The number of hydrogen-bond acceptors (Lipinski definition) is 3. The van der Waals surface area contributed by atoms with Crippen LogP contribution in [0.15, 0.2) is 5.16 Å². The van der Waals surface area contributed by atoms with E-state index in [1.807, 2.05) is 7.05 Å². The van der Waals surface area contributed by atoms with Crippen LogP contribution >= 0.6 is 0 Å². The fourth-order valence-electron chi connectivity index (χ4n) is 1.20. The van der Waals surface area contributed by atoms with E-state index in [-0.39, 0.29) is 0 Å². The monoisotopic (exact) mass is 128 g/mol. The third kappa shape index (κ3) is 1.21. The van der Waals surface area contributed by atoms with Crippen LogP contribution in [0.3, 0.4) is 0 Å². The molecule has 1 saturated heterocycles. The van der Waals surface area contributed by atoms with E-state index in [0.717, 1.165) is 18.8 Å². The normalized spacial score (nSPS) is 34.0. The molecule has 1 atom stereocenters. The second-order valence-corrected chi connectivity index (χ2v) is 2.69. The Morgan fingerprint density at radius 3 is 2.67 bits per heavy atom. The van der Waals surface area contributed by atoms with Gasteiger partial charge in [0.25, 0.3) is 0 Å². The highest BCUT2D eigenvalue weighted by molar-refractivity contribution is 5.89. The lowest BCUT2D eigenvalue weighted by atomic mass is 10.1. The molecule has 1 rings (SSSR count). The van der Waals surface area contributed by atoms with Gasteiger partial charge in [0.05, 0.1) is 5.71 Å². The van der Waals surface area contributed by atoms with Crippen molar-refractivity contribution in [1.82, 2.24) is 4.90 Å². The summed E-state index contributed by atoms with van der Waals surface area (Å²) in [6.07, 6.45) is 0. The van der Waals surface area contributed by atoms with Gasteiger partial charge in [0.2, 0.25) is 0 Å². The summed E-state index contributed by atoms with van der Waals surface area (Å²) in [7, 11) is 2.02. The number of hydrogen-bond donors (Lipinski definition) is 1. The second kappa shape index (κ2) is 2.35. The summed E-state index contributed by atoms with van der Waals surface area (Å²) < 4.78 is 0. The van der Waals surface area contributed by atoms with E-state index < -0.39 is 0 Å². The predicted octanol–water partition coefficient (Wildman–Crippen LogP) is 0.398. The highest BCUT2D eigenvalue weighted by atomic mass is 16.4. The molecule has 52 valence electrons. The Labute approximate surface area is 55.0 Å². The van der Waals surface area contributed by atoms with Crippen LogP contribution in [-0.4, -0.2) is 36.0 Å². The van der Waals surface area contributed by atoms with Gasteiger partial charge in [0.15, 0.2) is 0 Å². The molecule has 0 amide bonds. The maximum atomic E-state index is 8.42. The van der Waals surface area contributed by atoms with Crippen molar-refractivity contribution in [2.75, 3.05) is 20.1 Å². The minimum absolute atomic E-state index is 0.431. The molecule has 0 bridgehead atoms. The Kier molecular flexibility index (Phi) is 1.71. The molecule has 1 aliphatic rings. The van der Waals surface area contributed by atoms with Crippen molar-refractivity contribution in [3.63, 3.8) is 0 Å². The van der Waals surface area contributed by atoms with E-state index >= 15 is 0 Å². The topological polar surface area (TPSA) is 35.8 Å². The Morgan fingerprint density at radius 2 is 2.44 bits per heavy atom. The van der Waals surface area contributed by atoms with E-state index in [1.165, 1.54) is 0 Å². The smallest absolute Gasteiger partial charge is 0.0751 e. The molecular weight excluding hydrogens is 116 g/mol. The van der Waals surface area contributed by atoms with Gasteiger partial charge in [-0.2, -0.15) is 0 Å². The largest absolute Gasteiger partial charge is 0.411 e. The quantitative estimate of drug-likeness (QED) is 0.378. The van der Waals surface area contributed by atoms with Crippen molar-refractivity contribution in [2.45, 2.75) is 6.92 Å². The van der Waals surface area contributed by atoms with Gasteiger partial charge in [-0.25, -0.2) is 0 Å². The van der Waals surface area contributed by atoms with Crippen molar-refractivity contribution in [3.8, 4) is 0 Å². The zero-order chi connectivity index (χ0) is 6.85. The van der Waals surface area contributed by atoms with Crippen LogP contribution in [0.4, 0.5) is 0 Å². The van der Waals surface area contributed by atoms with Gasteiger partial charge in [-0.05, 0) is 7.05 Å². The third-order valence-electron chi connectivity index (χ3n) is 1.71. The van der Waals surface area contributed by atoms with Crippen molar-refractivity contribution in [1.29, 1.82) is 0 Å². The summed E-state index contributed by atoms with van der Waals surface area (Å²) in [5, 5.41) is 11.6. The molecule has 0 aromatic heterocycles. The predicted molar refractivity (Wildman–Crippen MR) is 35.9 cm³/mol. The molecule has 0 aromatic rings. The first-order valence-electron chi connectivity index (χ1n) is 3.13. The summed E-state index contributed by atoms with van der Waals surface area (Å²) in [5.74, 6) is 0.431. The standard InChI is InChI=1S/C6H12N2O/c1-5-3-8(2)4-6(5)7-9/h5,9H,3-4H2,1-2H3/b7-6-. The summed E-state index contributed by atoms with van der Waals surface area (Å²) >= 11 is 0. The van der Waals surface area contributed by atoms with Gasteiger partial charge in [0, 0.05) is 19.0 Å². The summed E-state index contributed by atoms with van der Waals surface area (Å²) in [6, 6.07) is 0. The average Bonchev–Trinajstić information content (AvgIpc) is 2.10. The van der Waals surface area contributed by atoms with Crippen molar-refractivity contribution < 1.29 is 5.21 Å². The molecule has 9 heavy (non-hydrogen) atoms. The van der Waals surface area contributed by atoms with Gasteiger partial charge >= 0.3 is 0 Å². The Bertz CT molecular complexity index is 133. The summed E-state index contributed by atoms with van der Waals surface area (Å²) in [4.78, 5) is 2.14. The van der Waals surface area contributed by atoms with Crippen LogP contribution in [0.25, 0.3) is 0 Å². The molecule has 3 heteroatoms. The number of likely N-dealkylation sites (tertiary alicyclic amines) is 1. The van der Waals surface area contributed by atoms with E-state index in [9.17, 15) is 0 Å². The number of oxime groups is 1. The van der Waals surface area contributed by atoms with Crippen LogP contribution in [0, 0.1) is 5.92 Å². The van der Waals surface area contributed by atoms with Crippen molar-refractivity contribution >= 4 is 5.71 Å². The van der Waals surface area contributed by atoms with Gasteiger partial charge in [-0.1, -0.05) is 12.1 Å². The lowest BCUT2D eigenvalue weighted by Gasteiger charge is -2.02. The van der Waals surface area contributed by atoms with Crippen molar-refractivity contribution in [3.05, 3.63) is 0 Å². The molecule has 1 heterocycles. The molecule has 3 nitrogen and oxygen atoms in total. The van der Waals surface area contributed by atoms with Crippen LogP contribution < -0.4 is 0 Å². The van der Waals surface area contributed by atoms with Gasteiger partial charge < -0.3 is 10.1 Å². The Balaban J connectivity index is 2.58. The lowest BCUT2D eigenvalue weighted by Crippen LogP contribution is -2.13. The molecule has 1 aliphatic heterocycles. The Morgan fingerprint density at radius 1 is 1.78 bits per heavy atom. The minimum Gasteiger partial charge on any atom is -0.411 e. The summed E-state index contributed by atoms with van der Waals surface area (Å²) in [6.45, 7) is 3.90.